The van der Waals surface area contributed by atoms with Gasteiger partial charge in [0, 0.05) is 13.1 Å². The summed E-state index contributed by atoms with van der Waals surface area (Å²) < 4.78 is 2.07. The molecule has 0 bridgehead atoms. The topological polar surface area (TPSA) is 58.4 Å². The Hall–Kier alpha value is -2.04. The molecule has 0 radical (unpaired) electrons. The van der Waals surface area contributed by atoms with Crippen molar-refractivity contribution in [3.63, 3.8) is 0 Å². The SMILES string of the molecule is Cc1nc2ccc(C(=O)O)cc2n1N1CCCCC1. The van der Waals surface area contributed by atoms with Crippen molar-refractivity contribution in [2.45, 2.75) is 26.2 Å². The van der Waals surface area contributed by atoms with Crippen LogP contribution in [-0.2, 0) is 0 Å². The van der Waals surface area contributed by atoms with Crippen molar-refractivity contribution in [3.8, 4) is 0 Å². The lowest BCUT2D eigenvalue weighted by molar-refractivity contribution is 0.0697. The third-order valence-electron chi connectivity index (χ3n) is 3.65. The highest BCUT2D eigenvalue weighted by atomic mass is 16.4. The minimum absolute atomic E-state index is 0.311. The molecule has 2 heterocycles. The molecule has 1 saturated heterocycles. The van der Waals surface area contributed by atoms with Crippen LogP contribution in [-0.4, -0.2) is 33.8 Å². The number of carbonyl (C=O) groups is 1. The van der Waals surface area contributed by atoms with Crippen LogP contribution in [0.1, 0.15) is 35.4 Å². The minimum Gasteiger partial charge on any atom is -0.478 e. The van der Waals surface area contributed by atoms with Crippen molar-refractivity contribution < 1.29 is 9.90 Å². The first kappa shape index (κ1) is 12.0. The summed E-state index contributed by atoms with van der Waals surface area (Å²) in [4.78, 5) is 15.6. The molecule has 5 nitrogen and oxygen atoms in total. The van der Waals surface area contributed by atoms with Crippen LogP contribution in [0.4, 0.5) is 0 Å². The van der Waals surface area contributed by atoms with E-state index >= 15 is 0 Å². The Morgan fingerprint density at radius 2 is 2.00 bits per heavy atom. The van der Waals surface area contributed by atoms with Gasteiger partial charge in [-0.05, 0) is 44.4 Å². The van der Waals surface area contributed by atoms with E-state index in [0.717, 1.165) is 29.9 Å². The molecule has 1 aromatic carbocycles. The van der Waals surface area contributed by atoms with Crippen LogP contribution < -0.4 is 5.01 Å². The van der Waals surface area contributed by atoms with Crippen molar-refractivity contribution >= 4 is 17.0 Å². The molecule has 1 fully saturated rings. The lowest BCUT2D eigenvalue weighted by atomic mass is 10.1. The molecule has 100 valence electrons. The van der Waals surface area contributed by atoms with Gasteiger partial charge in [0.1, 0.15) is 5.82 Å². The fourth-order valence-electron chi connectivity index (χ4n) is 2.75. The van der Waals surface area contributed by atoms with Crippen molar-refractivity contribution in [2.75, 3.05) is 18.1 Å². The van der Waals surface area contributed by atoms with Crippen molar-refractivity contribution in [1.82, 2.24) is 9.66 Å². The predicted molar refractivity (Wildman–Crippen MR) is 73.2 cm³/mol. The van der Waals surface area contributed by atoms with Gasteiger partial charge in [-0.15, -0.1) is 0 Å². The first-order chi connectivity index (χ1) is 9.16. The molecule has 0 saturated carbocycles. The number of piperidine rings is 1. The monoisotopic (exact) mass is 259 g/mol. The number of imidazole rings is 1. The number of hydrogen-bond donors (Lipinski definition) is 1. The molecule has 1 N–H and O–H groups in total. The maximum Gasteiger partial charge on any atom is 0.335 e. The van der Waals surface area contributed by atoms with Gasteiger partial charge in [-0.2, -0.15) is 0 Å². The summed E-state index contributed by atoms with van der Waals surface area (Å²) in [6, 6.07) is 5.11. The van der Waals surface area contributed by atoms with Gasteiger partial charge in [-0.1, -0.05) is 0 Å². The smallest absolute Gasteiger partial charge is 0.335 e. The number of aromatic nitrogens is 2. The van der Waals surface area contributed by atoms with E-state index in [-0.39, 0.29) is 0 Å². The van der Waals surface area contributed by atoms with E-state index in [0.29, 0.717) is 5.56 Å². The van der Waals surface area contributed by atoms with Gasteiger partial charge in [0.25, 0.3) is 0 Å². The second kappa shape index (κ2) is 4.57. The zero-order valence-electron chi connectivity index (χ0n) is 11.0. The average molecular weight is 259 g/mol. The fourth-order valence-corrected chi connectivity index (χ4v) is 2.75. The summed E-state index contributed by atoms with van der Waals surface area (Å²) >= 11 is 0. The van der Waals surface area contributed by atoms with E-state index in [1.807, 2.05) is 6.92 Å². The molecule has 2 aromatic rings. The normalized spacial score (nSPS) is 15.9. The van der Waals surface area contributed by atoms with Crippen molar-refractivity contribution in [2.24, 2.45) is 0 Å². The van der Waals surface area contributed by atoms with Gasteiger partial charge in [-0.25, -0.2) is 14.5 Å². The predicted octanol–water partition coefficient (Wildman–Crippen LogP) is 2.16. The Balaban J connectivity index is 2.13. The van der Waals surface area contributed by atoms with Gasteiger partial charge in [-0.3, -0.25) is 0 Å². The molecular weight excluding hydrogens is 242 g/mol. The lowest BCUT2D eigenvalue weighted by Crippen LogP contribution is -2.39. The van der Waals surface area contributed by atoms with E-state index in [2.05, 4.69) is 14.7 Å². The lowest BCUT2D eigenvalue weighted by Gasteiger charge is -2.31. The average Bonchev–Trinajstić information content (AvgIpc) is 2.74. The number of carboxylic acid groups (broad SMARTS) is 1. The zero-order valence-corrected chi connectivity index (χ0v) is 11.0. The Morgan fingerprint density at radius 3 is 2.68 bits per heavy atom. The van der Waals surface area contributed by atoms with E-state index < -0.39 is 5.97 Å². The molecular formula is C14H17N3O2. The zero-order chi connectivity index (χ0) is 13.4. The maximum absolute atomic E-state index is 11.1. The van der Waals surface area contributed by atoms with E-state index in [9.17, 15) is 4.79 Å². The number of hydrogen-bond acceptors (Lipinski definition) is 3. The summed E-state index contributed by atoms with van der Waals surface area (Å²) in [6.07, 6.45) is 3.62. The molecule has 0 spiro atoms. The Bertz CT molecular complexity index is 627. The maximum atomic E-state index is 11.1. The van der Waals surface area contributed by atoms with Crippen molar-refractivity contribution in [3.05, 3.63) is 29.6 Å². The first-order valence-corrected chi connectivity index (χ1v) is 6.64. The quantitative estimate of drug-likeness (QED) is 0.898. The van der Waals surface area contributed by atoms with Crippen LogP contribution in [0.25, 0.3) is 11.0 Å². The number of benzene rings is 1. The number of fused-ring (bicyclic) bond motifs is 1. The minimum atomic E-state index is -0.897. The van der Waals surface area contributed by atoms with Gasteiger partial charge in [0.2, 0.25) is 0 Å². The van der Waals surface area contributed by atoms with Gasteiger partial charge in [0.05, 0.1) is 16.6 Å². The van der Waals surface area contributed by atoms with Crippen LogP contribution in [0, 0.1) is 6.92 Å². The fraction of sp³-hybridized carbons (Fsp3) is 0.429. The molecule has 1 aromatic heterocycles. The summed E-state index contributed by atoms with van der Waals surface area (Å²) in [6.45, 7) is 3.97. The summed E-state index contributed by atoms with van der Waals surface area (Å²) in [5, 5.41) is 11.4. The van der Waals surface area contributed by atoms with Crippen LogP contribution in [0.5, 0.6) is 0 Å². The molecule has 3 rings (SSSR count). The van der Waals surface area contributed by atoms with Gasteiger partial charge in [0.15, 0.2) is 0 Å². The summed E-state index contributed by atoms with van der Waals surface area (Å²) in [5.74, 6) is 0.0189. The highest BCUT2D eigenvalue weighted by Crippen LogP contribution is 2.20. The molecule has 0 atom stereocenters. The first-order valence-electron chi connectivity index (χ1n) is 6.64. The molecule has 1 aliphatic heterocycles. The standard InChI is InChI=1S/C14H17N3O2/c1-10-15-12-6-5-11(14(18)19)9-13(12)17(10)16-7-3-2-4-8-16/h5-6,9H,2-4,7-8H2,1H3,(H,18,19). The number of aromatic carboxylic acids is 1. The number of aryl methyl sites for hydroxylation is 1. The van der Waals surface area contributed by atoms with Crippen LogP contribution in [0.15, 0.2) is 18.2 Å². The molecule has 19 heavy (non-hydrogen) atoms. The Labute approximate surface area is 111 Å². The van der Waals surface area contributed by atoms with Crippen LogP contribution in [0.2, 0.25) is 0 Å². The largest absolute Gasteiger partial charge is 0.478 e. The highest BCUT2D eigenvalue weighted by Gasteiger charge is 2.17. The molecule has 0 unspecified atom stereocenters. The number of rotatable bonds is 2. The van der Waals surface area contributed by atoms with E-state index in [4.69, 9.17) is 5.11 Å². The number of carboxylic acids is 1. The van der Waals surface area contributed by atoms with Crippen LogP contribution in [0.3, 0.4) is 0 Å². The molecule has 0 aliphatic carbocycles. The van der Waals surface area contributed by atoms with Gasteiger partial charge >= 0.3 is 5.97 Å². The second-order valence-corrected chi connectivity index (χ2v) is 4.99. The summed E-state index contributed by atoms with van der Waals surface area (Å²) in [5.41, 5.74) is 2.05. The third-order valence-corrected chi connectivity index (χ3v) is 3.65. The number of nitrogens with zero attached hydrogens (tertiary/aromatic N) is 3. The molecule has 0 amide bonds. The molecule has 5 heteroatoms. The second-order valence-electron chi connectivity index (χ2n) is 4.99. The van der Waals surface area contributed by atoms with Crippen LogP contribution >= 0.6 is 0 Å². The van der Waals surface area contributed by atoms with E-state index in [1.54, 1.807) is 18.2 Å². The highest BCUT2D eigenvalue weighted by molar-refractivity contribution is 5.92. The third kappa shape index (κ3) is 2.05. The Morgan fingerprint density at radius 1 is 1.26 bits per heavy atom. The van der Waals surface area contributed by atoms with Crippen molar-refractivity contribution in [1.29, 1.82) is 0 Å². The Kier molecular flexibility index (Phi) is 2.89. The molecule has 1 aliphatic rings. The van der Waals surface area contributed by atoms with Gasteiger partial charge < -0.3 is 10.1 Å². The van der Waals surface area contributed by atoms with E-state index in [1.165, 1.54) is 19.3 Å². The summed E-state index contributed by atoms with van der Waals surface area (Å²) in [7, 11) is 0.